The second-order valence-corrected chi connectivity index (χ2v) is 9.51. The standard InChI is InChI=1S/C27H36N2O2/c1-21-8-6-10-24(18-21)27(25-11-7-9-22(2)19-25,26(30)29-12-4-5-13-29)23(3)20-28-14-16-31-17-15-28/h6-11,18-19,23H,4-5,12-17,20H2,1-3H3/p+1/t23-/m1/s1. The van der Waals surface area contributed by atoms with Crippen molar-refractivity contribution >= 4 is 5.91 Å². The van der Waals surface area contributed by atoms with Gasteiger partial charge in [0, 0.05) is 19.0 Å². The van der Waals surface area contributed by atoms with Gasteiger partial charge in [-0.25, -0.2) is 0 Å². The minimum Gasteiger partial charge on any atom is -0.370 e. The minimum absolute atomic E-state index is 0.164. The number of quaternary nitrogens is 1. The van der Waals surface area contributed by atoms with Gasteiger partial charge in [-0.3, -0.25) is 4.79 Å². The molecule has 4 rings (SSSR count). The van der Waals surface area contributed by atoms with Crippen LogP contribution in [0.3, 0.4) is 0 Å². The van der Waals surface area contributed by atoms with E-state index >= 15 is 0 Å². The molecule has 4 heteroatoms. The summed E-state index contributed by atoms with van der Waals surface area (Å²) in [6.45, 7) is 12.9. The van der Waals surface area contributed by atoms with Crippen molar-refractivity contribution in [2.75, 3.05) is 45.9 Å². The molecule has 1 atom stereocenters. The highest BCUT2D eigenvalue weighted by molar-refractivity contribution is 5.93. The van der Waals surface area contributed by atoms with E-state index in [0.29, 0.717) is 0 Å². The van der Waals surface area contributed by atoms with Crippen LogP contribution in [0.2, 0.25) is 0 Å². The van der Waals surface area contributed by atoms with Crippen molar-refractivity contribution in [3.8, 4) is 0 Å². The van der Waals surface area contributed by atoms with E-state index in [9.17, 15) is 4.79 Å². The SMILES string of the molecule is Cc1cccc(C(C(=O)N2CCCC2)(c2cccc(C)c2)[C@H](C)C[NH+]2CCOCC2)c1. The van der Waals surface area contributed by atoms with Gasteiger partial charge in [0.05, 0.1) is 19.8 Å². The fourth-order valence-electron chi connectivity index (χ4n) is 5.59. The van der Waals surface area contributed by atoms with Gasteiger partial charge in [-0.2, -0.15) is 0 Å². The van der Waals surface area contributed by atoms with Gasteiger partial charge in [-0.05, 0) is 37.8 Å². The lowest BCUT2D eigenvalue weighted by Gasteiger charge is -2.42. The van der Waals surface area contributed by atoms with Crippen LogP contribution in [0.25, 0.3) is 0 Å². The van der Waals surface area contributed by atoms with E-state index < -0.39 is 5.41 Å². The molecule has 0 radical (unpaired) electrons. The summed E-state index contributed by atoms with van der Waals surface area (Å²) in [7, 11) is 0. The molecule has 31 heavy (non-hydrogen) atoms. The number of aryl methyl sites for hydroxylation is 2. The maximum absolute atomic E-state index is 14.5. The molecule has 0 aromatic heterocycles. The average Bonchev–Trinajstić information content (AvgIpc) is 3.30. The largest absolute Gasteiger partial charge is 0.370 e. The number of hydrogen-bond acceptors (Lipinski definition) is 2. The van der Waals surface area contributed by atoms with Crippen molar-refractivity contribution in [1.82, 2.24) is 4.90 Å². The summed E-state index contributed by atoms with van der Waals surface area (Å²) < 4.78 is 5.60. The molecule has 2 aliphatic rings. The van der Waals surface area contributed by atoms with Crippen molar-refractivity contribution in [3.63, 3.8) is 0 Å². The molecule has 0 spiro atoms. The molecule has 2 fully saturated rings. The Morgan fingerprint density at radius 2 is 1.55 bits per heavy atom. The number of amides is 1. The summed E-state index contributed by atoms with van der Waals surface area (Å²) >= 11 is 0. The average molecular weight is 422 g/mol. The fraction of sp³-hybridized carbons (Fsp3) is 0.519. The lowest BCUT2D eigenvalue weighted by Crippen LogP contribution is -3.15. The monoisotopic (exact) mass is 421 g/mol. The molecule has 4 nitrogen and oxygen atoms in total. The Balaban J connectivity index is 1.87. The zero-order chi connectivity index (χ0) is 21.8. The molecule has 0 unspecified atom stereocenters. The van der Waals surface area contributed by atoms with E-state index in [2.05, 4.69) is 74.2 Å². The second kappa shape index (κ2) is 9.54. The molecular formula is C27H37N2O2+. The van der Waals surface area contributed by atoms with Crippen LogP contribution in [-0.2, 0) is 14.9 Å². The number of rotatable bonds is 6. The van der Waals surface area contributed by atoms with Crippen molar-refractivity contribution in [1.29, 1.82) is 0 Å². The van der Waals surface area contributed by atoms with E-state index in [1.165, 1.54) is 16.0 Å². The normalized spacial score (nSPS) is 18.9. The smallest absolute Gasteiger partial charge is 0.238 e. The maximum atomic E-state index is 14.5. The first-order chi connectivity index (χ1) is 15.0. The minimum atomic E-state index is -0.673. The maximum Gasteiger partial charge on any atom is 0.238 e. The van der Waals surface area contributed by atoms with Gasteiger partial charge in [0.1, 0.15) is 18.5 Å². The number of nitrogens with one attached hydrogen (secondary N) is 1. The third kappa shape index (κ3) is 4.42. The van der Waals surface area contributed by atoms with E-state index in [1.54, 1.807) is 0 Å². The van der Waals surface area contributed by atoms with Crippen LogP contribution in [0.1, 0.15) is 42.0 Å². The summed E-state index contributed by atoms with van der Waals surface area (Å²) in [5.41, 5.74) is 4.00. The highest BCUT2D eigenvalue weighted by atomic mass is 16.5. The molecular weight excluding hydrogens is 384 g/mol. The summed E-state index contributed by atoms with van der Waals surface area (Å²) in [5.74, 6) is 0.443. The van der Waals surface area contributed by atoms with Crippen molar-refractivity contribution in [3.05, 3.63) is 70.8 Å². The lowest BCUT2D eigenvalue weighted by molar-refractivity contribution is -0.911. The third-order valence-electron chi connectivity index (χ3n) is 7.21. The number of carbonyl (C=O) groups is 1. The van der Waals surface area contributed by atoms with E-state index in [-0.39, 0.29) is 11.8 Å². The number of nitrogens with zero attached hydrogens (tertiary/aromatic N) is 1. The van der Waals surface area contributed by atoms with Crippen LogP contribution in [0.15, 0.2) is 48.5 Å². The van der Waals surface area contributed by atoms with Crippen LogP contribution < -0.4 is 4.90 Å². The Bertz CT molecular complexity index is 852. The number of carbonyl (C=O) groups excluding carboxylic acids is 1. The number of likely N-dealkylation sites (tertiary alicyclic amines) is 1. The van der Waals surface area contributed by atoms with Crippen molar-refractivity contribution < 1.29 is 14.4 Å². The molecule has 0 bridgehead atoms. The first-order valence-corrected chi connectivity index (χ1v) is 11.9. The number of benzene rings is 2. The summed E-state index contributed by atoms with van der Waals surface area (Å²) in [6, 6.07) is 17.3. The van der Waals surface area contributed by atoms with E-state index in [0.717, 1.165) is 69.9 Å². The zero-order valence-electron chi connectivity index (χ0n) is 19.3. The molecule has 0 saturated carbocycles. The highest BCUT2D eigenvalue weighted by Gasteiger charge is 2.50. The van der Waals surface area contributed by atoms with Crippen LogP contribution in [0, 0.1) is 19.8 Å². The van der Waals surface area contributed by atoms with Gasteiger partial charge >= 0.3 is 0 Å². The van der Waals surface area contributed by atoms with Crippen LogP contribution in [-0.4, -0.2) is 56.7 Å². The van der Waals surface area contributed by atoms with Crippen LogP contribution in [0.5, 0.6) is 0 Å². The van der Waals surface area contributed by atoms with E-state index in [4.69, 9.17) is 4.74 Å². The summed E-state index contributed by atoms with van der Waals surface area (Å²) in [6.07, 6.45) is 2.21. The number of hydrogen-bond donors (Lipinski definition) is 1. The third-order valence-corrected chi connectivity index (χ3v) is 7.21. The fourth-order valence-corrected chi connectivity index (χ4v) is 5.59. The molecule has 166 valence electrons. The Morgan fingerprint density at radius 3 is 2.06 bits per heavy atom. The topological polar surface area (TPSA) is 34.0 Å². The van der Waals surface area contributed by atoms with Crippen LogP contribution >= 0.6 is 0 Å². The number of ether oxygens (including phenoxy) is 1. The predicted molar refractivity (Wildman–Crippen MR) is 124 cm³/mol. The van der Waals surface area contributed by atoms with Gasteiger partial charge in [0.2, 0.25) is 5.91 Å². The predicted octanol–water partition coefficient (Wildman–Crippen LogP) is 2.76. The Morgan fingerprint density at radius 1 is 1.00 bits per heavy atom. The van der Waals surface area contributed by atoms with Gasteiger partial charge in [0.25, 0.3) is 0 Å². The van der Waals surface area contributed by atoms with E-state index in [1.807, 2.05) is 0 Å². The molecule has 1 N–H and O–H groups in total. The molecule has 2 aliphatic heterocycles. The summed E-state index contributed by atoms with van der Waals surface area (Å²) in [5, 5.41) is 0. The van der Waals surface area contributed by atoms with Gasteiger partial charge in [0.15, 0.2) is 0 Å². The van der Waals surface area contributed by atoms with Gasteiger partial charge in [-0.15, -0.1) is 0 Å². The molecule has 2 aromatic rings. The lowest BCUT2D eigenvalue weighted by atomic mass is 9.64. The number of morpholine rings is 1. The highest BCUT2D eigenvalue weighted by Crippen LogP contribution is 2.42. The Labute approximate surface area is 187 Å². The molecule has 2 heterocycles. The molecule has 2 saturated heterocycles. The van der Waals surface area contributed by atoms with Crippen molar-refractivity contribution in [2.45, 2.75) is 39.0 Å². The first-order valence-electron chi connectivity index (χ1n) is 11.9. The molecule has 0 aliphatic carbocycles. The Kier molecular flexibility index (Phi) is 6.78. The van der Waals surface area contributed by atoms with Gasteiger partial charge in [-0.1, -0.05) is 66.6 Å². The van der Waals surface area contributed by atoms with Crippen LogP contribution in [0.4, 0.5) is 0 Å². The second-order valence-electron chi connectivity index (χ2n) is 9.51. The van der Waals surface area contributed by atoms with Gasteiger partial charge < -0.3 is 14.5 Å². The van der Waals surface area contributed by atoms with Crippen molar-refractivity contribution in [2.24, 2.45) is 5.92 Å². The molecule has 2 aromatic carbocycles. The Hall–Kier alpha value is -2.17. The summed E-state index contributed by atoms with van der Waals surface area (Å²) in [4.78, 5) is 18.1. The first kappa shape index (κ1) is 22.0. The molecule has 1 amide bonds. The zero-order valence-corrected chi connectivity index (χ0v) is 19.3. The quantitative estimate of drug-likeness (QED) is 0.778.